The van der Waals surface area contributed by atoms with Crippen LogP contribution in [0.3, 0.4) is 0 Å². The largest absolute Gasteiger partial charge is 0.378 e. The quantitative estimate of drug-likeness (QED) is 0.442. The van der Waals surface area contributed by atoms with Crippen LogP contribution in [0.1, 0.15) is 17.0 Å². The molecule has 31 heavy (non-hydrogen) atoms. The second-order valence-electron chi connectivity index (χ2n) is 7.09. The van der Waals surface area contributed by atoms with Crippen molar-refractivity contribution in [1.82, 2.24) is 14.5 Å². The fourth-order valence-electron chi connectivity index (χ4n) is 3.51. The van der Waals surface area contributed by atoms with Gasteiger partial charge in [-0.05, 0) is 38.1 Å². The minimum atomic E-state index is -0.471. The minimum absolute atomic E-state index is 0.220. The van der Waals surface area contributed by atoms with Gasteiger partial charge in [-0.1, -0.05) is 23.2 Å². The van der Waals surface area contributed by atoms with Crippen LogP contribution in [0, 0.1) is 19.7 Å². The molecule has 0 radical (unpaired) electrons. The maximum Gasteiger partial charge on any atom is 0.245 e. The molecule has 3 heterocycles. The third-order valence-electron chi connectivity index (χ3n) is 5.04. The Labute approximate surface area is 189 Å². The van der Waals surface area contributed by atoms with E-state index >= 15 is 0 Å². The Morgan fingerprint density at radius 3 is 2.68 bits per heavy atom. The summed E-state index contributed by atoms with van der Waals surface area (Å²) in [5.74, 6) is -0.00664. The second kappa shape index (κ2) is 9.21. The number of rotatable bonds is 5. The summed E-state index contributed by atoms with van der Waals surface area (Å²) in [4.78, 5) is 10.1. The van der Waals surface area contributed by atoms with Crippen molar-refractivity contribution in [2.75, 3.05) is 36.6 Å². The smallest absolute Gasteiger partial charge is 0.245 e. The van der Waals surface area contributed by atoms with Crippen LogP contribution in [0.15, 0.2) is 35.6 Å². The molecule has 0 amide bonds. The summed E-state index contributed by atoms with van der Waals surface area (Å²) in [6, 6.07) is 7.51. The fraction of sp³-hybridized carbons (Fsp3) is 0.286. The van der Waals surface area contributed by atoms with E-state index in [4.69, 9.17) is 27.9 Å². The molecule has 0 bridgehead atoms. The van der Waals surface area contributed by atoms with Crippen LogP contribution in [-0.4, -0.2) is 47.1 Å². The zero-order valence-corrected chi connectivity index (χ0v) is 18.6. The highest BCUT2D eigenvalue weighted by molar-refractivity contribution is 6.42. The Kier molecular flexibility index (Phi) is 6.41. The molecule has 4 rings (SSSR count). The number of hydrogen-bond donors (Lipinski definition) is 1. The Morgan fingerprint density at radius 2 is 1.94 bits per heavy atom. The molecule has 1 aromatic carbocycles. The predicted molar refractivity (Wildman–Crippen MR) is 122 cm³/mol. The lowest BCUT2D eigenvalue weighted by Gasteiger charge is -2.27. The molecule has 3 aromatic rings. The van der Waals surface area contributed by atoms with E-state index in [1.807, 2.05) is 36.9 Å². The van der Waals surface area contributed by atoms with Gasteiger partial charge in [-0.2, -0.15) is 10.1 Å². The summed E-state index contributed by atoms with van der Waals surface area (Å²) >= 11 is 12.2. The van der Waals surface area contributed by atoms with Crippen LogP contribution in [-0.2, 0) is 4.74 Å². The molecule has 0 unspecified atom stereocenters. The summed E-state index contributed by atoms with van der Waals surface area (Å²) in [6.07, 6.45) is 2.82. The molecule has 1 fully saturated rings. The Balaban J connectivity index is 1.53. The number of morpholine rings is 1. The van der Waals surface area contributed by atoms with Crippen molar-refractivity contribution in [3.05, 3.63) is 63.3 Å². The zero-order valence-electron chi connectivity index (χ0n) is 17.1. The summed E-state index contributed by atoms with van der Waals surface area (Å²) in [5, 5.41) is 5.24. The van der Waals surface area contributed by atoms with E-state index < -0.39 is 5.82 Å². The van der Waals surface area contributed by atoms with Gasteiger partial charge >= 0.3 is 0 Å². The number of anilines is 2. The van der Waals surface area contributed by atoms with Crippen molar-refractivity contribution in [2.24, 2.45) is 5.10 Å². The number of aromatic nitrogens is 3. The third-order valence-corrected chi connectivity index (χ3v) is 5.78. The standard InChI is InChI=1S/C21H21Cl2FN6O/c1-13-9-15(14(2)30(13)16-3-4-17(22)18(23)10-16)11-26-28-21-25-12-19(24)20(27-21)29-5-7-31-8-6-29/h3-4,9-12H,5-8H2,1-2H3,(H,25,27,28)/b26-11+. The van der Waals surface area contributed by atoms with Crippen molar-refractivity contribution in [2.45, 2.75) is 13.8 Å². The van der Waals surface area contributed by atoms with Crippen molar-refractivity contribution in [3.63, 3.8) is 0 Å². The van der Waals surface area contributed by atoms with Crippen LogP contribution in [0.4, 0.5) is 16.2 Å². The van der Waals surface area contributed by atoms with Gasteiger partial charge in [0, 0.05) is 35.7 Å². The number of hydrogen-bond acceptors (Lipinski definition) is 6. The maximum absolute atomic E-state index is 14.2. The van der Waals surface area contributed by atoms with Gasteiger partial charge in [-0.25, -0.2) is 14.8 Å². The van der Waals surface area contributed by atoms with E-state index in [-0.39, 0.29) is 11.8 Å². The molecule has 162 valence electrons. The lowest BCUT2D eigenvalue weighted by Crippen LogP contribution is -2.37. The van der Waals surface area contributed by atoms with Gasteiger partial charge in [-0.3, -0.25) is 0 Å². The third kappa shape index (κ3) is 4.66. The molecule has 0 spiro atoms. The molecule has 0 atom stereocenters. The Hall–Kier alpha value is -2.68. The van der Waals surface area contributed by atoms with Gasteiger partial charge in [0.25, 0.3) is 0 Å². The van der Waals surface area contributed by atoms with Crippen molar-refractivity contribution >= 4 is 41.2 Å². The summed E-state index contributed by atoms with van der Waals surface area (Å²) < 4.78 is 21.5. The average molecular weight is 463 g/mol. The second-order valence-corrected chi connectivity index (χ2v) is 7.91. The highest BCUT2D eigenvalue weighted by Gasteiger charge is 2.18. The normalized spacial score (nSPS) is 14.4. The first-order chi connectivity index (χ1) is 14.9. The summed E-state index contributed by atoms with van der Waals surface area (Å²) in [5.41, 5.74) is 6.61. The Bertz CT molecular complexity index is 1130. The lowest BCUT2D eigenvalue weighted by molar-refractivity contribution is 0.122. The number of ether oxygens (including phenoxy) is 1. The zero-order chi connectivity index (χ0) is 22.0. The molecular weight excluding hydrogens is 442 g/mol. The van der Waals surface area contributed by atoms with Gasteiger partial charge in [0.05, 0.1) is 35.7 Å². The monoisotopic (exact) mass is 462 g/mol. The molecule has 1 saturated heterocycles. The van der Waals surface area contributed by atoms with Crippen molar-refractivity contribution in [1.29, 1.82) is 0 Å². The first-order valence-corrected chi connectivity index (χ1v) is 10.5. The number of benzene rings is 1. The molecule has 10 heteroatoms. The van der Waals surface area contributed by atoms with E-state index in [2.05, 4.69) is 25.1 Å². The van der Waals surface area contributed by atoms with E-state index in [1.165, 1.54) is 0 Å². The van der Waals surface area contributed by atoms with Crippen molar-refractivity contribution < 1.29 is 9.13 Å². The van der Waals surface area contributed by atoms with Gasteiger partial charge < -0.3 is 14.2 Å². The van der Waals surface area contributed by atoms with Gasteiger partial charge in [-0.15, -0.1) is 0 Å². The summed E-state index contributed by atoms with van der Waals surface area (Å²) in [6.45, 7) is 6.23. The molecule has 7 nitrogen and oxygen atoms in total. The fourth-order valence-corrected chi connectivity index (χ4v) is 3.80. The number of halogens is 3. The molecule has 2 aromatic heterocycles. The van der Waals surface area contributed by atoms with Crippen LogP contribution < -0.4 is 10.3 Å². The Morgan fingerprint density at radius 1 is 1.16 bits per heavy atom. The van der Waals surface area contributed by atoms with Crippen LogP contribution >= 0.6 is 23.2 Å². The lowest BCUT2D eigenvalue weighted by atomic mass is 10.2. The molecule has 1 aliphatic heterocycles. The highest BCUT2D eigenvalue weighted by Crippen LogP contribution is 2.27. The van der Waals surface area contributed by atoms with Gasteiger partial charge in [0.1, 0.15) is 0 Å². The van der Waals surface area contributed by atoms with Gasteiger partial charge in [0.15, 0.2) is 11.6 Å². The van der Waals surface area contributed by atoms with E-state index in [0.717, 1.165) is 28.8 Å². The molecule has 0 aliphatic carbocycles. The molecule has 1 aliphatic rings. The SMILES string of the molecule is Cc1cc(/C=N/Nc2ncc(F)c(N3CCOCC3)n2)c(C)n1-c1ccc(Cl)c(Cl)c1. The number of nitrogens with one attached hydrogen (secondary N) is 1. The topological polar surface area (TPSA) is 67.6 Å². The first-order valence-electron chi connectivity index (χ1n) is 9.72. The van der Waals surface area contributed by atoms with Crippen LogP contribution in [0.25, 0.3) is 5.69 Å². The van der Waals surface area contributed by atoms with Gasteiger partial charge in [0.2, 0.25) is 5.95 Å². The number of nitrogens with zero attached hydrogens (tertiary/aromatic N) is 5. The summed E-state index contributed by atoms with van der Waals surface area (Å²) in [7, 11) is 0. The molecule has 1 N–H and O–H groups in total. The van der Waals surface area contributed by atoms with Crippen LogP contribution in [0.5, 0.6) is 0 Å². The molecular formula is C21H21Cl2FN6O. The van der Waals surface area contributed by atoms with Crippen molar-refractivity contribution in [3.8, 4) is 5.69 Å². The van der Waals surface area contributed by atoms with E-state index in [0.29, 0.717) is 36.3 Å². The number of aryl methyl sites for hydroxylation is 1. The van der Waals surface area contributed by atoms with Crippen LogP contribution in [0.2, 0.25) is 10.0 Å². The predicted octanol–water partition coefficient (Wildman–Crippen LogP) is 4.61. The van der Waals surface area contributed by atoms with E-state index in [1.54, 1.807) is 12.3 Å². The highest BCUT2D eigenvalue weighted by atomic mass is 35.5. The maximum atomic E-state index is 14.2. The molecule has 0 saturated carbocycles. The first kappa shape index (κ1) is 21.5. The minimum Gasteiger partial charge on any atom is -0.378 e. The van der Waals surface area contributed by atoms with E-state index in [9.17, 15) is 4.39 Å². The average Bonchev–Trinajstić information content (AvgIpc) is 3.05. The number of hydrazone groups is 1.